The maximum atomic E-state index is 8.97. The van der Waals surface area contributed by atoms with E-state index in [1.54, 1.807) is 0 Å². The van der Waals surface area contributed by atoms with Gasteiger partial charge in [0, 0.05) is 0 Å². The van der Waals surface area contributed by atoms with Crippen LogP contribution in [0.2, 0.25) is 0 Å². The van der Waals surface area contributed by atoms with Gasteiger partial charge in [-0.25, -0.2) is 0 Å². The highest BCUT2D eigenvalue weighted by Gasteiger charge is 2.07. The fourth-order valence-corrected chi connectivity index (χ4v) is 2.12. The summed E-state index contributed by atoms with van der Waals surface area (Å²) >= 11 is 4.59. The van der Waals surface area contributed by atoms with Crippen LogP contribution < -0.4 is 0 Å². The highest BCUT2D eigenvalue weighted by Crippen LogP contribution is 2.27. The van der Waals surface area contributed by atoms with Gasteiger partial charge in [-0.15, -0.1) is 0 Å². The van der Waals surface area contributed by atoms with Crippen molar-refractivity contribution in [1.82, 2.24) is 0 Å². The van der Waals surface area contributed by atoms with Crippen LogP contribution in [0.15, 0.2) is 48.5 Å². The van der Waals surface area contributed by atoms with Gasteiger partial charge < -0.3 is 9.84 Å². The Labute approximate surface area is 118 Å². The number of aliphatic hydroxyl groups is 1. The molecule has 0 bridgehead atoms. The molecular weight excluding hydrogens is 256 g/mol. The predicted molar refractivity (Wildman–Crippen MR) is 81.5 cm³/mol. The molecule has 19 heavy (non-hydrogen) atoms. The highest BCUT2D eigenvalue weighted by molar-refractivity contribution is 7.80. The Hall–Kier alpha value is -1.71. The van der Waals surface area contributed by atoms with Gasteiger partial charge in [0.2, 0.25) is 0 Å². The molecule has 0 saturated carbocycles. The van der Waals surface area contributed by atoms with Crippen molar-refractivity contribution in [3.63, 3.8) is 0 Å². The second-order valence-corrected chi connectivity index (χ2v) is 4.83. The lowest BCUT2D eigenvalue weighted by Crippen LogP contribution is -2.05. The Kier molecular flexibility index (Phi) is 4.66. The van der Waals surface area contributed by atoms with E-state index >= 15 is 0 Å². The Morgan fingerprint density at radius 1 is 1.05 bits per heavy atom. The standard InChI is InChI=1S/C16H16O2S/c1-12-6-2-4-8-14(12)15-9-5-3-7-13(15)10-18-11-16(17)19/h2-9H,10-11H2,1H3,(H,17,19). The summed E-state index contributed by atoms with van der Waals surface area (Å²) in [5.41, 5.74) is 4.68. The van der Waals surface area contributed by atoms with Gasteiger partial charge in [-0.1, -0.05) is 48.5 Å². The van der Waals surface area contributed by atoms with E-state index in [1.807, 2.05) is 30.3 Å². The molecule has 0 amide bonds. The molecule has 0 heterocycles. The summed E-state index contributed by atoms with van der Waals surface area (Å²) in [7, 11) is 0. The minimum atomic E-state index is -0.117. The second-order valence-electron chi connectivity index (χ2n) is 4.36. The van der Waals surface area contributed by atoms with E-state index in [0.29, 0.717) is 6.61 Å². The Morgan fingerprint density at radius 3 is 2.37 bits per heavy atom. The fraction of sp³-hybridized carbons (Fsp3) is 0.188. The van der Waals surface area contributed by atoms with Crippen molar-refractivity contribution < 1.29 is 9.84 Å². The van der Waals surface area contributed by atoms with Gasteiger partial charge in [-0.05, 0) is 41.4 Å². The monoisotopic (exact) mass is 272 g/mol. The first kappa shape index (κ1) is 13.7. The largest absolute Gasteiger partial charge is 0.500 e. The molecule has 1 N–H and O–H groups in total. The molecule has 3 heteroatoms. The number of ether oxygens (including phenoxy) is 1. The number of thiocarbonyl (C=S) groups is 1. The van der Waals surface area contributed by atoms with Crippen LogP contribution in [-0.2, 0) is 11.3 Å². The van der Waals surface area contributed by atoms with E-state index in [0.717, 1.165) is 11.1 Å². The summed E-state index contributed by atoms with van der Waals surface area (Å²) in [6.07, 6.45) is 0. The van der Waals surface area contributed by atoms with Crippen LogP contribution in [-0.4, -0.2) is 16.8 Å². The number of aliphatic hydroxyl groups excluding tert-OH is 1. The van der Waals surface area contributed by atoms with Gasteiger partial charge in [0.25, 0.3) is 0 Å². The highest BCUT2D eigenvalue weighted by atomic mass is 32.1. The van der Waals surface area contributed by atoms with Crippen LogP contribution in [0.3, 0.4) is 0 Å². The van der Waals surface area contributed by atoms with Crippen LogP contribution in [0.4, 0.5) is 0 Å². The number of benzene rings is 2. The average Bonchev–Trinajstić information content (AvgIpc) is 2.40. The molecule has 0 aliphatic carbocycles. The van der Waals surface area contributed by atoms with Crippen molar-refractivity contribution in [2.45, 2.75) is 13.5 Å². The van der Waals surface area contributed by atoms with E-state index in [9.17, 15) is 0 Å². The molecule has 0 atom stereocenters. The molecule has 0 aliphatic heterocycles. The van der Waals surface area contributed by atoms with E-state index < -0.39 is 0 Å². The van der Waals surface area contributed by atoms with Crippen LogP contribution in [0.25, 0.3) is 11.1 Å². The molecule has 0 saturated heterocycles. The molecule has 2 rings (SSSR count). The van der Waals surface area contributed by atoms with Gasteiger partial charge in [0.15, 0.2) is 5.05 Å². The third kappa shape index (κ3) is 3.63. The number of rotatable bonds is 5. The van der Waals surface area contributed by atoms with Crippen LogP contribution in [0.5, 0.6) is 0 Å². The molecule has 0 unspecified atom stereocenters. The van der Waals surface area contributed by atoms with Crippen molar-refractivity contribution in [2.75, 3.05) is 6.61 Å². The van der Waals surface area contributed by atoms with Crippen molar-refractivity contribution in [3.8, 4) is 11.1 Å². The summed E-state index contributed by atoms with van der Waals surface area (Å²) < 4.78 is 5.39. The van der Waals surface area contributed by atoms with Crippen molar-refractivity contribution in [3.05, 3.63) is 59.7 Å². The first-order chi connectivity index (χ1) is 9.18. The van der Waals surface area contributed by atoms with Crippen molar-refractivity contribution >= 4 is 17.3 Å². The van der Waals surface area contributed by atoms with Crippen LogP contribution in [0, 0.1) is 6.92 Å². The van der Waals surface area contributed by atoms with Gasteiger partial charge in [0.1, 0.15) is 6.61 Å². The molecule has 2 aromatic carbocycles. The summed E-state index contributed by atoms with van der Waals surface area (Å²) in [5, 5.41) is 8.85. The molecule has 0 fully saturated rings. The molecular formula is C16H16O2S. The molecule has 98 valence electrons. The summed E-state index contributed by atoms with van der Waals surface area (Å²) in [6, 6.07) is 16.4. The lowest BCUT2D eigenvalue weighted by molar-refractivity contribution is 0.150. The van der Waals surface area contributed by atoms with E-state index in [-0.39, 0.29) is 11.7 Å². The van der Waals surface area contributed by atoms with Crippen LogP contribution in [0.1, 0.15) is 11.1 Å². The zero-order chi connectivity index (χ0) is 13.7. The minimum absolute atomic E-state index is 0.0947. The quantitative estimate of drug-likeness (QED) is 0.832. The van der Waals surface area contributed by atoms with Crippen molar-refractivity contribution in [1.29, 1.82) is 0 Å². The topological polar surface area (TPSA) is 29.5 Å². The van der Waals surface area contributed by atoms with E-state index in [1.165, 1.54) is 11.1 Å². The first-order valence-corrected chi connectivity index (χ1v) is 6.53. The summed E-state index contributed by atoms with van der Waals surface area (Å²) in [5.74, 6) is 0. The van der Waals surface area contributed by atoms with Crippen molar-refractivity contribution in [2.24, 2.45) is 0 Å². The smallest absolute Gasteiger partial charge is 0.183 e. The maximum absolute atomic E-state index is 8.97. The summed E-state index contributed by atoms with van der Waals surface area (Å²) in [6.45, 7) is 2.62. The molecule has 2 aromatic rings. The Bertz CT molecular complexity index is 578. The lowest BCUT2D eigenvalue weighted by Gasteiger charge is -2.12. The zero-order valence-corrected chi connectivity index (χ0v) is 11.6. The van der Waals surface area contributed by atoms with E-state index in [4.69, 9.17) is 9.84 Å². The van der Waals surface area contributed by atoms with Gasteiger partial charge in [-0.2, -0.15) is 0 Å². The third-order valence-electron chi connectivity index (χ3n) is 2.94. The molecule has 2 nitrogen and oxygen atoms in total. The number of hydrogen-bond acceptors (Lipinski definition) is 2. The van der Waals surface area contributed by atoms with E-state index in [2.05, 4.69) is 37.3 Å². The molecule has 0 aliphatic rings. The number of hydrogen-bond donors (Lipinski definition) is 1. The normalized spacial score (nSPS) is 10.4. The van der Waals surface area contributed by atoms with Gasteiger partial charge in [0.05, 0.1) is 6.61 Å². The third-order valence-corrected chi connectivity index (χ3v) is 3.05. The molecule has 0 aromatic heterocycles. The molecule has 0 radical (unpaired) electrons. The maximum Gasteiger partial charge on any atom is 0.183 e. The number of aryl methyl sites for hydroxylation is 1. The second kappa shape index (κ2) is 6.45. The zero-order valence-electron chi connectivity index (χ0n) is 10.8. The van der Waals surface area contributed by atoms with Gasteiger partial charge in [-0.3, -0.25) is 0 Å². The average molecular weight is 272 g/mol. The fourth-order valence-electron chi connectivity index (χ4n) is 2.03. The van der Waals surface area contributed by atoms with Gasteiger partial charge >= 0.3 is 0 Å². The predicted octanol–water partition coefficient (Wildman–Crippen LogP) is 4.06. The van der Waals surface area contributed by atoms with Crippen LogP contribution >= 0.6 is 12.2 Å². The summed E-state index contributed by atoms with van der Waals surface area (Å²) in [4.78, 5) is 0. The SMILES string of the molecule is Cc1ccccc1-c1ccccc1COCC(O)=S. The Balaban J connectivity index is 2.26. The first-order valence-electron chi connectivity index (χ1n) is 6.12. The Morgan fingerprint density at radius 2 is 1.68 bits per heavy atom. The lowest BCUT2D eigenvalue weighted by atomic mass is 9.96. The molecule has 0 spiro atoms. The minimum Gasteiger partial charge on any atom is -0.500 e.